The van der Waals surface area contributed by atoms with Gasteiger partial charge in [-0.1, -0.05) is 60.7 Å². The SMILES string of the molecule is N#Cc1c(N)ncc(-c2ccccc2)c1-c1ccccc1. The molecule has 0 aliphatic heterocycles. The lowest BCUT2D eigenvalue weighted by Crippen LogP contribution is -1.99. The zero-order valence-electron chi connectivity index (χ0n) is 11.3. The van der Waals surface area contributed by atoms with Crippen LogP contribution in [-0.4, -0.2) is 4.98 Å². The first-order valence-electron chi connectivity index (χ1n) is 6.60. The molecule has 0 aliphatic rings. The average Bonchev–Trinajstić information content (AvgIpc) is 2.56. The van der Waals surface area contributed by atoms with Gasteiger partial charge in [0.15, 0.2) is 0 Å². The molecule has 1 heterocycles. The highest BCUT2D eigenvalue weighted by Crippen LogP contribution is 2.35. The smallest absolute Gasteiger partial charge is 0.141 e. The number of hydrogen-bond donors (Lipinski definition) is 1. The molecule has 0 bridgehead atoms. The Balaban J connectivity index is 2.35. The first kappa shape index (κ1) is 12.9. The first-order chi connectivity index (χ1) is 10.3. The molecule has 100 valence electrons. The highest BCUT2D eigenvalue weighted by Gasteiger charge is 2.15. The van der Waals surface area contributed by atoms with Crippen LogP contribution in [0.4, 0.5) is 5.82 Å². The fourth-order valence-electron chi connectivity index (χ4n) is 2.38. The molecular weight excluding hydrogens is 258 g/mol. The van der Waals surface area contributed by atoms with Crippen molar-refractivity contribution >= 4 is 5.82 Å². The molecule has 0 radical (unpaired) electrons. The maximum absolute atomic E-state index is 9.46. The molecule has 0 unspecified atom stereocenters. The van der Waals surface area contributed by atoms with Gasteiger partial charge in [-0.2, -0.15) is 5.26 Å². The van der Waals surface area contributed by atoms with Crippen LogP contribution in [0.5, 0.6) is 0 Å². The van der Waals surface area contributed by atoms with Gasteiger partial charge in [-0.3, -0.25) is 0 Å². The molecule has 0 amide bonds. The van der Waals surface area contributed by atoms with E-state index in [0.717, 1.165) is 22.3 Å². The van der Waals surface area contributed by atoms with Gasteiger partial charge in [0.05, 0.1) is 0 Å². The number of pyridine rings is 1. The third-order valence-electron chi connectivity index (χ3n) is 3.37. The Morgan fingerprint density at radius 3 is 2.00 bits per heavy atom. The topological polar surface area (TPSA) is 62.7 Å². The Kier molecular flexibility index (Phi) is 3.36. The maximum Gasteiger partial charge on any atom is 0.141 e. The summed E-state index contributed by atoms with van der Waals surface area (Å²) >= 11 is 0. The van der Waals surface area contributed by atoms with Gasteiger partial charge in [0.25, 0.3) is 0 Å². The zero-order valence-corrected chi connectivity index (χ0v) is 11.3. The number of nitrogens with zero attached hydrogens (tertiary/aromatic N) is 2. The fraction of sp³-hybridized carbons (Fsp3) is 0. The standard InChI is InChI=1S/C18H13N3/c19-11-15-17(14-9-5-2-6-10-14)16(12-21-18(15)20)13-7-3-1-4-8-13/h1-10,12H,(H2,20,21). The summed E-state index contributed by atoms with van der Waals surface area (Å²) in [4.78, 5) is 4.17. The van der Waals surface area contributed by atoms with E-state index in [1.807, 2.05) is 60.7 Å². The van der Waals surface area contributed by atoms with Crippen molar-refractivity contribution in [3.05, 3.63) is 72.4 Å². The van der Waals surface area contributed by atoms with E-state index < -0.39 is 0 Å². The van der Waals surface area contributed by atoms with Gasteiger partial charge in [0.2, 0.25) is 0 Å². The van der Waals surface area contributed by atoms with Crippen LogP contribution >= 0.6 is 0 Å². The van der Waals surface area contributed by atoms with Crippen LogP contribution in [0.25, 0.3) is 22.3 Å². The second kappa shape index (κ2) is 5.48. The Bertz CT molecular complexity index is 803. The molecule has 0 saturated carbocycles. The summed E-state index contributed by atoms with van der Waals surface area (Å²) in [6.07, 6.45) is 1.73. The minimum absolute atomic E-state index is 0.260. The van der Waals surface area contributed by atoms with Crippen LogP contribution in [0, 0.1) is 11.3 Å². The van der Waals surface area contributed by atoms with Crippen molar-refractivity contribution in [2.24, 2.45) is 0 Å². The normalized spacial score (nSPS) is 10.0. The molecule has 0 saturated heterocycles. The van der Waals surface area contributed by atoms with Crippen LogP contribution in [0.2, 0.25) is 0 Å². The minimum Gasteiger partial charge on any atom is -0.383 e. The van der Waals surface area contributed by atoms with Gasteiger partial charge in [0, 0.05) is 17.3 Å². The highest BCUT2D eigenvalue weighted by atomic mass is 14.8. The molecule has 0 spiro atoms. The number of anilines is 1. The van der Waals surface area contributed by atoms with Crippen molar-refractivity contribution < 1.29 is 0 Å². The fourth-order valence-corrected chi connectivity index (χ4v) is 2.38. The summed E-state index contributed by atoms with van der Waals surface area (Å²) in [7, 11) is 0. The van der Waals surface area contributed by atoms with Crippen molar-refractivity contribution in [3.63, 3.8) is 0 Å². The number of benzene rings is 2. The summed E-state index contributed by atoms with van der Waals surface area (Å²) in [5, 5.41) is 9.46. The van der Waals surface area contributed by atoms with Gasteiger partial charge >= 0.3 is 0 Å². The molecule has 3 heteroatoms. The number of nitrogens with two attached hydrogens (primary N) is 1. The summed E-state index contributed by atoms with van der Waals surface area (Å²) in [5.74, 6) is 0.260. The highest BCUT2D eigenvalue weighted by molar-refractivity contribution is 5.89. The first-order valence-corrected chi connectivity index (χ1v) is 6.60. The van der Waals surface area contributed by atoms with Crippen molar-refractivity contribution in [2.75, 3.05) is 5.73 Å². The second-order valence-electron chi connectivity index (χ2n) is 4.65. The zero-order chi connectivity index (χ0) is 14.7. The molecule has 3 nitrogen and oxygen atoms in total. The molecule has 3 rings (SSSR count). The molecule has 0 aliphatic carbocycles. The van der Waals surface area contributed by atoms with E-state index in [-0.39, 0.29) is 5.82 Å². The van der Waals surface area contributed by atoms with Crippen LogP contribution in [0.1, 0.15) is 5.56 Å². The van der Waals surface area contributed by atoms with E-state index in [1.165, 1.54) is 0 Å². The van der Waals surface area contributed by atoms with Gasteiger partial charge < -0.3 is 5.73 Å². The van der Waals surface area contributed by atoms with Gasteiger partial charge in [-0.15, -0.1) is 0 Å². The molecular formula is C18H13N3. The lowest BCUT2D eigenvalue weighted by Gasteiger charge is -2.13. The van der Waals surface area contributed by atoms with Crippen molar-refractivity contribution in [3.8, 4) is 28.3 Å². The molecule has 21 heavy (non-hydrogen) atoms. The van der Waals surface area contributed by atoms with E-state index >= 15 is 0 Å². The van der Waals surface area contributed by atoms with E-state index in [4.69, 9.17) is 5.73 Å². The Labute approximate surface area is 123 Å². The summed E-state index contributed by atoms with van der Waals surface area (Å²) in [6, 6.07) is 21.9. The van der Waals surface area contributed by atoms with Crippen LogP contribution in [-0.2, 0) is 0 Å². The average molecular weight is 271 g/mol. The summed E-state index contributed by atoms with van der Waals surface area (Å²) in [5.41, 5.74) is 10.0. The summed E-state index contributed by atoms with van der Waals surface area (Å²) < 4.78 is 0. The lowest BCUT2D eigenvalue weighted by atomic mass is 9.92. The number of nitrogen functional groups attached to an aromatic ring is 1. The second-order valence-corrected chi connectivity index (χ2v) is 4.65. The van der Waals surface area contributed by atoms with Gasteiger partial charge in [-0.25, -0.2) is 4.98 Å². The quantitative estimate of drug-likeness (QED) is 0.769. The Hall–Kier alpha value is -3.12. The number of rotatable bonds is 2. The number of nitriles is 1. The van der Waals surface area contributed by atoms with Crippen LogP contribution < -0.4 is 5.73 Å². The largest absolute Gasteiger partial charge is 0.383 e. The third-order valence-corrected chi connectivity index (χ3v) is 3.37. The Morgan fingerprint density at radius 1 is 0.857 bits per heavy atom. The van der Waals surface area contributed by atoms with Crippen LogP contribution in [0.3, 0.4) is 0 Å². The number of hydrogen-bond acceptors (Lipinski definition) is 3. The minimum atomic E-state index is 0.260. The van der Waals surface area contributed by atoms with Crippen LogP contribution in [0.15, 0.2) is 66.9 Å². The molecule has 3 aromatic rings. The summed E-state index contributed by atoms with van der Waals surface area (Å²) in [6.45, 7) is 0. The predicted molar refractivity (Wildman–Crippen MR) is 84.2 cm³/mol. The van der Waals surface area contributed by atoms with Crippen molar-refractivity contribution in [1.29, 1.82) is 5.26 Å². The molecule has 0 fully saturated rings. The van der Waals surface area contributed by atoms with Crippen molar-refractivity contribution in [1.82, 2.24) is 4.98 Å². The van der Waals surface area contributed by atoms with E-state index in [2.05, 4.69) is 11.1 Å². The predicted octanol–water partition coefficient (Wildman–Crippen LogP) is 3.87. The molecule has 0 atom stereocenters. The van der Waals surface area contributed by atoms with Gasteiger partial charge in [-0.05, 0) is 11.1 Å². The molecule has 2 aromatic carbocycles. The Morgan fingerprint density at radius 2 is 1.43 bits per heavy atom. The molecule has 1 aromatic heterocycles. The number of aromatic nitrogens is 1. The van der Waals surface area contributed by atoms with E-state index in [1.54, 1.807) is 6.20 Å². The van der Waals surface area contributed by atoms with E-state index in [9.17, 15) is 5.26 Å². The van der Waals surface area contributed by atoms with Crippen molar-refractivity contribution in [2.45, 2.75) is 0 Å². The van der Waals surface area contributed by atoms with Gasteiger partial charge in [0.1, 0.15) is 17.5 Å². The lowest BCUT2D eigenvalue weighted by molar-refractivity contribution is 1.31. The van der Waals surface area contributed by atoms with E-state index in [0.29, 0.717) is 5.56 Å². The maximum atomic E-state index is 9.46. The molecule has 2 N–H and O–H groups in total. The third kappa shape index (κ3) is 2.35. The monoisotopic (exact) mass is 271 g/mol.